The number of amides is 1. The van der Waals surface area contributed by atoms with Gasteiger partial charge < -0.3 is 10.3 Å². The summed E-state index contributed by atoms with van der Waals surface area (Å²) in [5.41, 5.74) is 0.585. The molecule has 3 N–H and O–H groups in total. The second-order valence-electron chi connectivity index (χ2n) is 5.35. The zero-order chi connectivity index (χ0) is 17.0. The monoisotopic (exact) mass is 319 g/mol. The van der Waals surface area contributed by atoms with Crippen molar-refractivity contribution in [3.05, 3.63) is 67.7 Å². The molecule has 0 fully saturated rings. The molecule has 1 atom stereocenters. The highest BCUT2D eigenvalue weighted by Gasteiger charge is 2.12. The molecule has 0 aliphatic carbocycles. The van der Waals surface area contributed by atoms with E-state index in [2.05, 4.69) is 15.3 Å². The van der Waals surface area contributed by atoms with Crippen LogP contribution in [0.25, 0.3) is 0 Å². The minimum absolute atomic E-state index is 0.113. The molecule has 1 heterocycles. The third kappa shape index (κ3) is 4.38. The van der Waals surface area contributed by atoms with Crippen molar-refractivity contribution in [2.75, 3.05) is 0 Å². The number of aromatic nitrogens is 2. The summed E-state index contributed by atoms with van der Waals surface area (Å²) in [7, 11) is 0. The quantitative estimate of drug-likeness (QED) is 0.775. The molecule has 1 aromatic carbocycles. The van der Waals surface area contributed by atoms with Gasteiger partial charge in [0.25, 0.3) is 5.56 Å². The zero-order valence-electron chi connectivity index (χ0n) is 12.9. The smallest absolute Gasteiger partial charge is 0.325 e. The van der Waals surface area contributed by atoms with Crippen LogP contribution in [-0.2, 0) is 11.2 Å². The van der Waals surface area contributed by atoms with Gasteiger partial charge in [-0.3, -0.25) is 14.6 Å². The van der Waals surface area contributed by atoms with Gasteiger partial charge in [-0.2, -0.15) is 0 Å². The Balaban J connectivity index is 1.96. The van der Waals surface area contributed by atoms with Gasteiger partial charge in [-0.1, -0.05) is 12.1 Å². The standard InChI is InChI=1S/C16H18FN3O3/c1-9(11-3-5-12(17)6-4-11)18-14(21)8-7-13-10(2)19-16(23)20-15(13)22/h3-6,9H,7-8H2,1-2H3,(H,18,21)(H2,19,20,22,23)/t9-/m1/s1. The summed E-state index contributed by atoms with van der Waals surface area (Å²) in [4.78, 5) is 39.4. The van der Waals surface area contributed by atoms with Gasteiger partial charge in [-0.15, -0.1) is 0 Å². The first-order chi connectivity index (χ1) is 10.9. The summed E-state index contributed by atoms with van der Waals surface area (Å²) in [6.45, 7) is 3.41. The first kappa shape index (κ1) is 16.7. The molecular weight excluding hydrogens is 301 g/mol. The minimum atomic E-state index is -0.564. The maximum Gasteiger partial charge on any atom is 0.325 e. The highest BCUT2D eigenvalue weighted by Crippen LogP contribution is 2.13. The van der Waals surface area contributed by atoms with Crippen LogP contribution in [0.4, 0.5) is 4.39 Å². The zero-order valence-corrected chi connectivity index (χ0v) is 12.9. The number of benzene rings is 1. The lowest BCUT2D eigenvalue weighted by molar-refractivity contribution is -0.121. The van der Waals surface area contributed by atoms with E-state index in [1.807, 2.05) is 0 Å². The van der Waals surface area contributed by atoms with Gasteiger partial charge in [-0.05, 0) is 38.0 Å². The van der Waals surface area contributed by atoms with Crippen LogP contribution in [0, 0.1) is 12.7 Å². The Labute approximate surface area is 131 Å². The third-order valence-corrected chi connectivity index (χ3v) is 3.60. The molecule has 0 saturated heterocycles. The second kappa shape index (κ2) is 7.04. The van der Waals surface area contributed by atoms with Gasteiger partial charge in [0.2, 0.25) is 5.91 Å². The molecule has 0 aliphatic rings. The molecule has 23 heavy (non-hydrogen) atoms. The van der Waals surface area contributed by atoms with Gasteiger partial charge in [0, 0.05) is 17.7 Å². The predicted octanol–water partition coefficient (Wildman–Crippen LogP) is 1.32. The van der Waals surface area contributed by atoms with Gasteiger partial charge in [0.05, 0.1) is 6.04 Å². The molecule has 122 valence electrons. The number of aryl methyl sites for hydroxylation is 1. The number of H-pyrrole nitrogens is 2. The fraction of sp³-hybridized carbons (Fsp3) is 0.312. The molecule has 0 radical (unpaired) electrons. The van der Waals surface area contributed by atoms with Crippen molar-refractivity contribution in [3.63, 3.8) is 0 Å². The molecule has 1 aromatic heterocycles. The Morgan fingerprint density at radius 2 is 1.87 bits per heavy atom. The van der Waals surface area contributed by atoms with Crippen molar-refractivity contribution in [1.82, 2.24) is 15.3 Å². The van der Waals surface area contributed by atoms with Crippen molar-refractivity contribution in [2.24, 2.45) is 0 Å². The van der Waals surface area contributed by atoms with E-state index in [0.29, 0.717) is 11.3 Å². The summed E-state index contributed by atoms with van der Waals surface area (Å²) in [5.74, 6) is -0.563. The lowest BCUT2D eigenvalue weighted by Gasteiger charge is -2.14. The predicted molar refractivity (Wildman–Crippen MR) is 83.7 cm³/mol. The maximum absolute atomic E-state index is 12.9. The van der Waals surface area contributed by atoms with Gasteiger partial charge in [0.15, 0.2) is 0 Å². The average molecular weight is 319 g/mol. The molecule has 7 heteroatoms. The van der Waals surface area contributed by atoms with E-state index in [9.17, 15) is 18.8 Å². The Morgan fingerprint density at radius 3 is 2.48 bits per heavy atom. The second-order valence-corrected chi connectivity index (χ2v) is 5.35. The first-order valence-corrected chi connectivity index (χ1v) is 7.23. The van der Waals surface area contributed by atoms with Gasteiger partial charge >= 0.3 is 5.69 Å². The van der Waals surface area contributed by atoms with Crippen LogP contribution in [0.2, 0.25) is 0 Å². The highest BCUT2D eigenvalue weighted by atomic mass is 19.1. The lowest BCUT2D eigenvalue weighted by atomic mass is 10.1. The number of hydrogen-bond acceptors (Lipinski definition) is 3. The van der Waals surface area contributed by atoms with Crippen molar-refractivity contribution >= 4 is 5.91 Å². The Bertz CT molecular complexity index is 809. The number of rotatable bonds is 5. The van der Waals surface area contributed by atoms with Crippen LogP contribution in [0.1, 0.15) is 36.2 Å². The molecule has 1 amide bonds. The van der Waals surface area contributed by atoms with Crippen molar-refractivity contribution < 1.29 is 9.18 Å². The maximum atomic E-state index is 12.9. The summed E-state index contributed by atoms with van der Waals surface area (Å²) in [5, 5.41) is 2.79. The number of carbonyl (C=O) groups is 1. The number of nitrogens with one attached hydrogen (secondary N) is 3. The number of hydrogen-bond donors (Lipinski definition) is 3. The van der Waals surface area contributed by atoms with Crippen LogP contribution in [0.5, 0.6) is 0 Å². The molecule has 0 unspecified atom stereocenters. The molecule has 0 spiro atoms. The van der Waals surface area contributed by atoms with E-state index >= 15 is 0 Å². The van der Waals surface area contributed by atoms with Crippen LogP contribution in [-0.4, -0.2) is 15.9 Å². The molecule has 2 rings (SSSR count). The van der Waals surface area contributed by atoms with Crippen molar-refractivity contribution in [1.29, 1.82) is 0 Å². The molecule has 6 nitrogen and oxygen atoms in total. The highest BCUT2D eigenvalue weighted by molar-refractivity contribution is 5.76. The summed E-state index contributed by atoms with van der Waals surface area (Å²) >= 11 is 0. The lowest BCUT2D eigenvalue weighted by Crippen LogP contribution is -2.30. The van der Waals surface area contributed by atoms with Crippen molar-refractivity contribution in [2.45, 2.75) is 32.7 Å². The van der Waals surface area contributed by atoms with E-state index in [4.69, 9.17) is 0 Å². The fourth-order valence-corrected chi connectivity index (χ4v) is 2.31. The molecule has 0 saturated carbocycles. The normalized spacial score (nSPS) is 12.0. The van der Waals surface area contributed by atoms with E-state index in [0.717, 1.165) is 5.56 Å². The van der Waals surface area contributed by atoms with Crippen molar-refractivity contribution in [3.8, 4) is 0 Å². The van der Waals surface area contributed by atoms with Crippen LogP contribution in [0.15, 0.2) is 33.9 Å². The van der Waals surface area contributed by atoms with E-state index in [-0.39, 0.29) is 30.6 Å². The first-order valence-electron chi connectivity index (χ1n) is 7.23. The molecule has 0 bridgehead atoms. The van der Waals surface area contributed by atoms with E-state index in [1.165, 1.54) is 12.1 Å². The number of carbonyl (C=O) groups excluding carboxylic acids is 1. The summed E-state index contributed by atoms with van der Waals surface area (Å²) < 4.78 is 12.9. The van der Waals surface area contributed by atoms with Gasteiger partial charge in [-0.25, -0.2) is 9.18 Å². The fourth-order valence-electron chi connectivity index (χ4n) is 2.31. The average Bonchev–Trinajstić information content (AvgIpc) is 2.46. The Kier molecular flexibility index (Phi) is 5.10. The third-order valence-electron chi connectivity index (χ3n) is 3.60. The molecule has 2 aromatic rings. The van der Waals surface area contributed by atoms with Crippen LogP contribution < -0.4 is 16.6 Å². The van der Waals surface area contributed by atoms with E-state index in [1.54, 1.807) is 26.0 Å². The minimum Gasteiger partial charge on any atom is -0.350 e. The molecule has 0 aliphatic heterocycles. The Hall–Kier alpha value is -2.70. The van der Waals surface area contributed by atoms with Crippen LogP contribution in [0.3, 0.4) is 0 Å². The van der Waals surface area contributed by atoms with Crippen LogP contribution >= 0.6 is 0 Å². The Morgan fingerprint density at radius 1 is 1.22 bits per heavy atom. The largest absolute Gasteiger partial charge is 0.350 e. The molecular formula is C16H18FN3O3. The topological polar surface area (TPSA) is 94.8 Å². The number of aromatic amines is 2. The summed E-state index contributed by atoms with van der Waals surface area (Å²) in [6, 6.07) is 5.62. The SMILES string of the molecule is Cc1[nH]c(=O)[nH]c(=O)c1CCC(=O)N[C@H](C)c1ccc(F)cc1. The summed E-state index contributed by atoms with van der Waals surface area (Å²) in [6.07, 6.45) is 0.335. The van der Waals surface area contributed by atoms with Gasteiger partial charge in [0.1, 0.15) is 5.82 Å². The number of halogens is 1. The van der Waals surface area contributed by atoms with E-state index < -0.39 is 11.2 Å².